The first-order valence-electron chi connectivity index (χ1n) is 9.68. The van der Waals surface area contributed by atoms with Crippen molar-refractivity contribution in [2.75, 3.05) is 13.1 Å². The molecule has 0 spiro atoms. The van der Waals surface area contributed by atoms with E-state index in [0.29, 0.717) is 24.6 Å². The molecule has 1 aromatic carbocycles. The molecule has 0 unspecified atom stereocenters. The monoisotopic (exact) mass is 406 g/mol. The van der Waals surface area contributed by atoms with Gasteiger partial charge in [0.25, 0.3) is 11.8 Å². The number of amides is 2. The molecule has 1 saturated carbocycles. The van der Waals surface area contributed by atoms with Crippen molar-refractivity contribution in [2.24, 2.45) is 5.92 Å². The van der Waals surface area contributed by atoms with Gasteiger partial charge in [0.15, 0.2) is 5.76 Å². The zero-order chi connectivity index (χ0) is 20.6. The number of carbonyl (C=O) groups is 2. The van der Waals surface area contributed by atoms with Crippen LogP contribution in [0.4, 0.5) is 13.2 Å². The van der Waals surface area contributed by atoms with Gasteiger partial charge in [0, 0.05) is 13.1 Å². The lowest BCUT2D eigenvalue weighted by Crippen LogP contribution is -2.36. The number of fused-ring (bicyclic) bond motifs is 1. The van der Waals surface area contributed by atoms with Crippen LogP contribution in [0.3, 0.4) is 0 Å². The van der Waals surface area contributed by atoms with Gasteiger partial charge in [-0.3, -0.25) is 9.59 Å². The van der Waals surface area contributed by atoms with Crippen molar-refractivity contribution >= 4 is 11.8 Å². The van der Waals surface area contributed by atoms with E-state index in [1.165, 1.54) is 35.9 Å². The molecule has 8 heteroatoms. The van der Waals surface area contributed by atoms with Crippen molar-refractivity contribution in [3.63, 3.8) is 0 Å². The zero-order valence-electron chi connectivity index (χ0n) is 15.7. The second-order valence-corrected chi connectivity index (χ2v) is 7.57. The normalized spacial score (nSPS) is 16.4. The first-order valence-corrected chi connectivity index (χ1v) is 9.68. The second kappa shape index (κ2) is 7.57. The number of hydrogen-bond donors (Lipinski definition) is 1. The Hall–Kier alpha value is -2.77. The molecule has 2 amide bonds. The molecule has 0 atom stereocenters. The van der Waals surface area contributed by atoms with Crippen LogP contribution in [-0.4, -0.2) is 29.8 Å². The Labute approximate surface area is 165 Å². The molecule has 2 heterocycles. The number of rotatable bonds is 5. The summed E-state index contributed by atoms with van der Waals surface area (Å²) in [6.07, 6.45) is -0.802. The zero-order valence-corrected chi connectivity index (χ0v) is 15.7. The van der Waals surface area contributed by atoms with Gasteiger partial charge < -0.3 is 14.6 Å². The Morgan fingerprint density at radius 1 is 1.21 bits per heavy atom. The number of alkyl halides is 3. The number of benzene rings is 1. The van der Waals surface area contributed by atoms with E-state index in [1.54, 1.807) is 6.07 Å². The first-order chi connectivity index (χ1) is 13.8. The maximum Gasteiger partial charge on any atom is 0.417 e. The van der Waals surface area contributed by atoms with Crippen LogP contribution in [0.1, 0.15) is 57.1 Å². The van der Waals surface area contributed by atoms with Crippen molar-refractivity contribution in [3.05, 3.63) is 58.5 Å². The van der Waals surface area contributed by atoms with E-state index in [1.807, 2.05) is 0 Å². The fourth-order valence-electron chi connectivity index (χ4n) is 3.58. The summed E-state index contributed by atoms with van der Waals surface area (Å²) in [6.45, 7) is 0.893. The lowest BCUT2D eigenvalue weighted by molar-refractivity contribution is -0.138. The van der Waals surface area contributed by atoms with Gasteiger partial charge in [-0.2, -0.15) is 13.2 Å². The SMILES string of the molecule is O=C(NCCC1CC1)c1cc2c(o1)CN(C(=O)c1ccccc1C(F)(F)F)CC2. The fourth-order valence-corrected chi connectivity index (χ4v) is 3.58. The molecular formula is C21H21F3N2O3. The fraction of sp³-hybridized carbons (Fsp3) is 0.429. The largest absolute Gasteiger partial charge is 0.454 e. The highest BCUT2D eigenvalue weighted by Gasteiger charge is 2.36. The number of nitrogens with one attached hydrogen (secondary N) is 1. The molecule has 1 N–H and O–H groups in total. The molecule has 29 heavy (non-hydrogen) atoms. The van der Waals surface area contributed by atoms with Gasteiger partial charge in [0.05, 0.1) is 17.7 Å². The molecule has 1 aromatic heterocycles. The van der Waals surface area contributed by atoms with Gasteiger partial charge in [-0.05, 0) is 42.5 Å². The van der Waals surface area contributed by atoms with Crippen molar-refractivity contribution in [3.8, 4) is 0 Å². The van der Waals surface area contributed by atoms with Crippen LogP contribution < -0.4 is 5.32 Å². The van der Waals surface area contributed by atoms with Crippen LogP contribution in [-0.2, 0) is 19.1 Å². The van der Waals surface area contributed by atoms with Crippen LogP contribution in [0.5, 0.6) is 0 Å². The minimum absolute atomic E-state index is 0.0374. The first kappa shape index (κ1) is 19.5. The molecular weight excluding hydrogens is 385 g/mol. The smallest absolute Gasteiger partial charge is 0.417 e. The third-order valence-corrected chi connectivity index (χ3v) is 5.39. The van der Waals surface area contributed by atoms with Crippen molar-refractivity contribution in [1.82, 2.24) is 10.2 Å². The summed E-state index contributed by atoms with van der Waals surface area (Å²) in [5, 5.41) is 2.83. The second-order valence-electron chi connectivity index (χ2n) is 7.57. The lowest BCUT2D eigenvalue weighted by atomic mass is 10.0. The molecule has 0 saturated heterocycles. The van der Waals surface area contributed by atoms with Gasteiger partial charge in [-0.1, -0.05) is 25.0 Å². The quantitative estimate of drug-likeness (QED) is 0.816. The van der Waals surface area contributed by atoms with Crippen LogP contribution in [0, 0.1) is 5.92 Å². The van der Waals surface area contributed by atoms with Gasteiger partial charge in [0.1, 0.15) is 5.76 Å². The van der Waals surface area contributed by atoms with Crippen LogP contribution in [0.25, 0.3) is 0 Å². The molecule has 1 aliphatic heterocycles. The number of carbonyl (C=O) groups excluding carboxylic acids is 2. The van der Waals surface area contributed by atoms with Gasteiger partial charge >= 0.3 is 6.18 Å². The Kier molecular flexibility index (Phi) is 5.10. The number of hydrogen-bond acceptors (Lipinski definition) is 3. The molecule has 1 fully saturated rings. The third-order valence-electron chi connectivity index (χ3n) is 5.39. The highest BCUT2D eigenvalue weighted by Crippen LogP contribution is 2.34. The summed E-state index contributed by atoms with van der Waals surface area (Å²) in [4.78, 5) is 26.3. The number of furan rings is 1. The van der Waals surface area contributed by atoms with Crippen LogP contribution in [0.15, 0.2) is 34.7 Å². The predicted octanol–water partition coefficient (Wildman–Crippen LogP) is 4.03. The average molecular weight is 406 g/mol. The molecule has 0 radical (unpaired) electrons. The van der Waals surface area contributed by atoms with E-state index in [0.717, 1.165) is 18.1 Å². The summed E-state index contributed by atoms with van der Waals surface area (Å²) in [5.41, 5.74) is -0.524. The molecule has 4 rings (SSSR count). The summed E-state index contributed by atoms with van der Waals surface area (Å²) >= 11 is 0. The van der Waals surface area contributed by atoms with Crippen LogP contribution >= 0.6 is 0 Å². The van der Waals surface area contributed by atoms with Crippen molar-refractivity contribution in [2.45, 2.75) is 38.4 Å². The average Bonchev–Trinajstić information content (AvgIpc) is 3.42. The van der Waals surface area contributed by atoms with Crippen molar-refractivity contribution < 1.29 is 27.2 Å². The minimum Gasteiger partial charge on any atom is -0.454 e. The van der Waals surface area contributed by atoms with Gasteiger partial charge in [0.2, 0.25) is 0 Å². The molecule has 1 aliphatic carbocycles. The van der Waals surface area contributed by atoms with E-state index >= 15 is 0 Å². The molecule has 0 bridgehead atoms. The summed E-state index contributed by atoms with van der Waals surface area (Å²) in [7, 11) is 0. The Morgan fingerprint density at radius 2 is 1.97 bits per heavy atom. The Morgan fingerprint density at radius 3 is 2.69 bits per heavy atom. The highest BCUT2D eigenvalue weighted by atomic mass is 19.4. The minimum atomic E-state index is -4.61. The highest BCUT2D eigenvalue weighted by molar-refractivity contribution is 5.96. The number of halogens is 3. The topological polar surface area (TPSA) is 62.6 Å². The summed E-state index contributed by atoms with van der Waals surface area (Å²) < 4.78 is 45.3. The summed E-state index contributed by atoms with van der Waals surface area (Å²) in [6, 6.07) is 6.41. The Balaban J connectivity index is 1.45. The maximum atomic E-state index is 13.2. The number of nitrogens with zero attached hydrogens (tertiary/aromatic N) is 1. The van der Waals surface area contributed by atoms with Gasteiger partial charge in [-0.25, -0.2) is 0 Å². The molecule has 154 valence electrons. The third kappa shape index (κ3) is 4.31. The van der Waals surface area contributed by atoms with Gasteiger partial charge in [-0.15, -0.1) is 0 Å². The molecule has 2 aromatic rings. The van der Waals surface area contributed by atoms with Crippen LogP contribution in [0.2, 0.25) is 0 Å². The maximum absolute atomic E-state index is 13.2. The van der Waals surface area contributed by atoms with E-state index in [9.17, 15) is 22.8 Å². The Bertz CT molecular complexity index is 931. The molecule has 2 aliphatic rings. The van der Waals surface area contributed by atoms with E-state index in [-0.39, 0.29) is 30.3 Å². The standard InChI is InChI=1S/C21H21F3N2O3/c22-21(23,24)16-4-2-1-3-15(16)20(28)26-10-8-14-11-17(29-18(14)12-26)19(27)25-9-7-13-5-6-13/h1-4,11,13H,5-10,12H2,(H,25,27). The predicted molar refractivity (Wildman–Crippen MR) is 98.3 cm³/mol. The van der Waals surface area contributed by atoms with E-state index in [2.05, 4.69) is 5.32 Å². The summed E-state index contributed by atoms with van der Waals surface area (Å²) in [5.74, 6) is 0.326. The molecule has 5 nitrogen and oxygen atoms in total. The lowest BCUT2D eigenvalue weighted by Gasteiger charge is -2.27. The van der Waals surface area contributed by atoms with Crippen molar-refractivity contribution in [1.29, 1.82) is 0 Å². The van der Waals surface area contributed by atoms with E-state index < -0.39 is 17.6 Å². The van der Waals surface area contributed by atoms with E-state index in [4.69, 9.17) is 4.42 Å².